The van der Waals surface area contributed by atoms with Crippen LogP contribution in [0.5, 0.6) is 0 Å². The van der Waals surface area contributed by atoms with E-state index in [2.05, 4.69) is 10.0 Å². The summed E-state index contributed by atoms with van der Waals surface area (Å²) < 4.78 is 33.5. The second kappa shape index (κ2) is 7.13. The van der Waals surface area contributed by atoms with Gasteiger partial charge in [0.15, 0.2) is 6.29 Å². The van der Waals surface area contributed by atoms with E-state index in [1.807, 2.05) is 0 Å². The summed E-state index contributed by atoms with van der Waals surface area (Å²) in [6, 6.07) is 0. The molecule has 0 rings (SSSR count). The molecule has 6 nitrogen and oxygen atoms in total. The van der Waals surface area contributed by atoms with Crippen molar-refractivity contribution in [3.05, 3.63) is 0 Å². The predicted molar refractivity (Wildman–Crippen MR) is 53.5 cm³/mol. The van der Waals surface area contributed by atoms with E-state index in [4.69, 9.17) is 9.47 Å². The molecular formula is C7H18N2O4S. The van der Waals surface area contributed by atoms with Crippen molar-refractivity contribution in [1.29, 1.82) is 0 Å². The van der Waals surface area contributed by atoms with E-state index in [9.17, 15) is 8.42 Å². The molecule has 0 saturated carbocycles. The zero-order valence-electron chi connectivity index (χ0n) is 8.74. The van der Waals surface area contributed by atoms with Crippen LogP contribution >= 0.6 is 0 Å². The molecule has 0 saturated heterocycles. The van der Waals surface area contributed by atoms with Gasteiger partial charge < -0.3 is 14.8 Å². The summed E-state index contributed by atoms with van der Waals surface area (Å²) >= 11 is 0. The van der Waals surface area contributed by atoms with E-state index in [-0.39, 0.29) is 6.29 Å². The second-order valence-electron chi connectivity index (χ2n) is 2.77. The van der Waals surface area contributed by atoms with E-state index >= 15 is 0 Å². The molecule has 0 aliphatic carbocycles. The Morgan fingerprint density at radius 3 is 2.21 bits per heavy atom. The first kappa shape index (κ1) is 13.8. The van der Waals surface area contributed by atoms with Crippen molar-refractivity contribution in [2.75, 3.05) is 40.1 Å². The summed E-state index contributed by atoms with van der Waals surface area (Å²) in [6.07, 6.45) is 0.827. The molecule has 0 unspecified atom stereocenters. The molecule has 0 aromatic heterocycles. The maximum Gasteiger partial charge on any atom is 0.208 e. The molecule has 14 heavy (non-hydrogen) atoms. The highest BCUT2D eigenvalue weighted by atomic mass is 32.2. The first-order valence-corrected chi connectivity index (χ1v) is 6.09. The molecule has 0 aromatic carbocycles. The number of sulfonamides is 1. The minimum atomic E-state index is -3.09. The third kappa shape index (κ3) is 8.39. The van der Waals surface area contributed by atoms with Gasteiger partial charge in [0.05, 0.1) is 6.26 Å². The molecule has 0 aliphatic heterocycles. The predicted octanol–water partition coefficient (Wildman–Crippen LogP) is -1.26. The Kier molecular flexibility index (Phi) is 7.02. The van der Waals surface area contributed by atoms with Gasteiger partial charge in [0.2, 0.25) is 10.0 Å². The lowest BCUT2D eigenvalue weighted by Gasteiger charge is -2.13. The van der Waals surface area contributed by atoms with Crippen LogP contribution in [0.15, 0.2) is 0 Å². The Hall–Kier alpha value is -0.210. The summed E-state index contributed by atoms with van der Waals surface area (Å²) in [4.78, 5) is 0. The van der Waals surface area contributed by atoms with Crippen molar-refractivity contribution >= 4 is 10.0 Å². The van der Waals surface area contributed by atoms with Gasteiger partial charge >= 0.3 is 0 Å². The van der Waals surface area contributed by atoms with Gasteiger partial charge in [0.25, 0.3) is 0 Å². The van der Waals surface area contributed by atoms with Gasteiger partial charge in [0.1, 0.15) is 0 Å². The van der Waals surface area contributed by atoms with Gasteiger partial charge in [-0.3, -0.25) is 0 Å². The van der Waals surface area contributed by atoms with Crippen molar-refractivity contribution < 1.29 is 17.9 Å². The van der Waals surface area contributed by atoms with Crippen molar-refractivity contribution in [2.24, 2.45) is 0 Å². The Labute approximate surface area is 85.0 Å². The van der Waals surface area contributed by atoms with E-state index in [0.29, 0.717) is 19.6 Å². The highest BCUT2D eigenvalue weighted by Gasteiger charge is 2.03. The third-order valence-corrected chi connectivity index (χ3v) is 2.23. The van der Waals surface area contributed by atoms with Gasteiger partial charge in [-0.25, -0.2) is 13.1 Å². The van der Waals surface area contributed by atoms with Crippen LogP contribution in [0.4, 0.5) is 0 Å². The van der Waals surface area contributed by atoms with Crippen LogP contribution in [0.2, 0.25) is 0 Å². The summed E-state index contributed by atoms with van der Waals surface area (Å²) in [5, 5.41) is 2.98. The molecule has 86 valence electrons. The SMILES string of the molecule is COC(CNCCNS(C)(=O)=O)OC. The smallest absolute Gasteiger partial charge is 0.208 e. The second-order valence-corrected chi connectivity index (χ2v) is 4.60. The minimum Gasteiger partial charge on any atom is -0.355 e. The van der Waals surface area contributed by atoms with Gasteiger partial charge in [-0.15, -0.1) is 0 Å². The topological polar surface area (TPSA) is 76.7 Å². The van der Waals surface area contributed by atoms with Gasteiger partial charge in [0, 0.05) is 33.9 Å². The molecule has 0 amide bonds. The van der Waals surface area contributed by atoms with Crippen LogP contribution in [-0.4, -0.2) is 54.8 Å². The standard InChI is InChI=1S/C7H18N2O4S/c1-12-7(13-2)6-8-4-5-9-14(3,10)11/h7-9H,4-6H2,1-3H3. The van der Waals surface area contributed by atoms with Crippen LogP contribution in [0.25, 0.3) is 0 Å². The molecule has 0 spiro atoms. The van der Waals surface area contributed by atoms with Crippen LogP contribution in [0.1, 0.15) is 0 Å². The van der Waals surface area contributed by atoms with Crippen LogP contribution in [0, 0.1) is 0 Å². The lowest BCUT2D eigenvalue weighted by atomic mass is 10.5. The molecule has 2 N–H and O–H groups in total. The summed E-state index contributed by atoms with van der Waals surface area (Å²) in [5.41, 5.74) is 0. The average molecular weight is 226 g/mol. The van der Waals surface area contributed by atoms with Crippen molar-refractivity contribution in [3.63, 3.8) is 0 Å². The van der Waals surface area contributed by atoms with Crippen LogP contribution < -0.4 is 10.0 Å². The molecule has 0 aliphatic rings. The Morgan fingerprint density at radius 2 is 1.79 bits per heavy atom. The lowest BCUT2D eigenvalue weighted by molar-refractivity contribution is -0.0985. The number of ether oxygens (including phenoxy) is 2. The van der Waals surface area contributed by atoms with Crippen molar-refractivity contribution in [1.82, 2.24) is 10.0 Å². The first-order valence-electron chi connectivity index (χ1n) is 4.20. The van der Waals surface area contributed by atoms with Crippen molar-refractivity contribution in [2.45, 2.75) is 6.29 Å². The summed E-state index contributed by atoms with van der Waals surface area (Å²) in [5.74, 6) is 0. The number of hydrogen-bond acceptors (Lipinski definition) is 5. The number of nitrogens with one attached hydrogen (secondary N) is 2. The molecule has 0 fully saturated rings. The number of hydrogen-bond donors (Lipinski definition) is 2. The first-order chi connectivity index (χ1) is 6.49. The van der Waals surface area contributed by atoms with Crippen LogP contribution in [-0.2, 0) is 19.5 Å². The molecule has 0 bridgehead atoms. The van der Waals surface area contributed by atoms with Gasteiger partial charge in [-0.05, 0) is 0 Å². The molecule has 0 radical (unpaired) electrons. The summed E-state index contributed by atoms with van der Waals surface area (Å²) in [6.45, 7) is 1.42. The van der Waals surface area contributed by atoms with E-state index in [0.717, 1.165) is 6.26 Å². The average Bonchev–Trinajstić information content (AvgIpc) is 2.09. The fraction of sp³-hybridized carbons (Fsp3) is 1.00. The van der Waals surface area contributed by atoms with Crippen LogP contribution in [0.3, 0.4) is 0 Å². The number of rotatable bonds is 8. The normalized spacial score (nSPS) is 12.3. The maximum atomic E-state index is 10.7. The monoisotopic (exact) mass is 226 g/mol. The van der Waals surface area contributed by atoms with Gasteiger partial charge in [-0.2, -0.15) is 0 Å². The van der Waals surface area contributed by atoms with E-state index in [1.165, 1.54) is 0 Å². The maximum absolute atomic E-state index is 10.7. The Balaban J connectivity index is 3.38. The minimum absolute atomic E-state index is 0.298. The molecule has 0 heterocycles. The lowest BCUT2D eigenvalue weighted by Crippen LogP contribution is -2.36. The highest BCUT2D eigenvalue weighted by molar-refractivity contribution is 7.88. The zero-order valence-corrected chi connectivity index (χ0v) is 9.56. The number of methoxy groups -OCH3 is 2. The molecule has 7 heteroatoms. The molecular weight excluding hydrogens is 208 g/mol. The molecule has 0 aromatic rings. The quantitative estimate of drug-likeness (QED) is 0.399. The third-order valence-electron chi connectivity index (χ3n) is 1.50. The fourth-order valence-electron chi connectivity index (χ4n) is 0.808. The van der Waals surface area contributed by atoms with Crippen molar-refractivity contribution in [3.8, 4) is 0 Å². The fourth-order valence-corrected chi connectivity index (χ4v) is 1.28. The van der Waals surface area contributed by atoms with E-state index < -0.39 is 10.0 Å². The highest BCUT2D eigenvalue weighted by Crippen LogP contribution is 1.86. The molecule has 0 atom stereocenters. The largest absolute Gasteiger partial charge is 0.355 e. The van der Waals surface area contributed by atoms with E-state index in [1.54, 1.807) is 14.2 Å². The Bertz CT molecular complexity index is 226. The Morgan fingerprint density at radius 1 is 1.21 bits per heavy atom. The van der Waals surface area contributed by atoms with Gasteiger partial charge in [-0.1, -0.05) is 0 Å². The summed E-state index contributed by atoms with van der Waals surface area (Å²) in [7, 11) is 0.00400. The zero-order chi connectivity index (χ0) is 11.0.